The van der Waals surface area contributed by atoms with Crippen molar-refractivity contribution >= 4 is 13.8 Å². The van der Waals surface area contributed by atoms with Crippen LogP contribution in [0.15, 0.2) is 16.8 Å². The highest BCUT2D eigenvalue weighted by Crippen LogP contribution is 2.29. The van der Waals surface area contributed by atoms with Gasteiger partial charge in [-0.2, -0.15) is 0 Å². The maximum absolute atomic E-state index is 4.97. The summed E-state index contributed by atoms with van der Waals surface area (Å²) in [5, 5.41) is 1.49. The number of hydrogen-bond donors (Lipinski definition) is 0. The molecule has 0 saturated heterocycles. The van der Waals surface area contributed by atoms with Gasteiger partial charge in [-0.3, -0.25) is 4.99 Å². The molecule has 0 spiro atoms. The summed E-state index contributed by atoms with van der Waals surface area (Å²) in [4.78, 5) is 4.97. The highest BCUT2D eigenvalue weighted by atomic mass is 28.3. The summed E-state index contributed by atoms with van der Waals surface area (Å²) < 4.78 is 0. The monoisotopic (exact) mass is 293 g/mol. The lowest BCUT2D eigenvalue weighted by Gasteiger charge is -2.30. The zero-order valence-electron chi connectivity index (χ0n) is 14.1. The van der Waals surface area contributed by atoms with E-state index in [2.05, 4.69) is 27.0 Å². The van der Waals surface area contributed by atoms with Crippen molar-refractivity contribution < 1.29 is 0 Å². The average molecular weight is 294 g/mol. The standard InChI is InChI=1S/C18H35NSi/c1-5-15-20(4,16-6-2)17(3)18-13-11-9-7-8-10-12-14-19-18/h3,5-16H2,1-2,4H3. The molecule has 0 aliphatic carbocycles. The molecule has 0 aromatic heterocycles. The van der Waals surface area contributed by atoms with E-state index in [1.54, 1.807) is 0 Å². The summed E-state index contributed by atoms with van der Waals surface area (Å²) in [6.45, 7) is 12.8. The van der Waals surface area contributed by atoms with Crippen LogP contribution in [0, 0.1) is 0 Å². The van der Waals surface area contributed by atoms with Gasteiger partial charge in [-0.25, -0.2) is 0 Å². The Morgan fingerprint density at radius 2 is 1.55 bits per heavy atom. The first-order valence-corrected chi connectivity index (χ1v) is 11.8. The van der Waals surface area contributed by atoms with Crippen LogP contribution in [0.5, 0.6) is 0 Å². The van der Waals surface area contributed by atoms with Gasteiger partial charge in [0, 0.05) is 12.3 Å². The Bertz CT molecular complexity index is 313. The van der Waals surface area contributed by atoms with Gasteiger partial charge < -0.3 is 0 Å². The van der Waals surface area contributed by atoms with Gasteiger partial charge in [-0.1, -0.05) is 77.6 Å². The fourth-order valence-corrected chi connectivity index (χ4v) is 7.49. The maximum Gasteiger partial charge on any atom is 0.0852 e. The molecule has 0 aromatic rings. The number of rotatable bonds is 6. The molecular weight excluding hydrogens is 258 g/mol. The second kappa shape index (κ2) is 9.54. The quantitative estimate of drug-likeness (QED) is 0.520. The fourth-order valence-electron chi connectivity index (χ4n) is 3.53. The fraction of sp³-hybridized carbons (Fsp3) is 0.833. The molecular formula is C18H35NSi. The Kier molecular flexibility index (Phi) is 8.43. The minimum Gasteiger partial charge on any atom is -0.290 e. The average Bonchev–Trinajstić information content (AvgIpc) is 2.44. The Hall–Kier alpha value is -0.373. The van der Waals surface area contributed by atoms with Gasteiger partial charge in [0.1, 0.15) is 0 Å². The molecule has 1 aliphatic heterocycles. The molecule has 0 radical (unpaired) electrons. The van der Waals surface area contributed by atoms with Gasteiger partial charge in [0.25, 0.3) is 0 Å². The van der Waals surface area contributed by atoms with Crippen molar-refractivity contribution in [2.75, 3.05) is 6.54 Å². The Balaban J connectivity index is 2.79. The summed E-state index contributed by atoms with van der Waals surface area (Å²) in [6.07, 6.45) is 12.0. The third kappa shape index (κ3) is 5.55. The van der Waals surface area contributed by atoms with E-state index in [0.29, 0.717) is 0 Å². The van der Waals surface area contributed by atoms with Gasteiger partial charge in [0.2, 0.25) is 0 Å². The second-order valence-electron chi connectivity index (χ2n) is 6.74. The van der Waals surface area contributed by atoms with Crippen molar-refractivity contribution in [1.82, 2.24) is 0 Å². The van der Waals surface area contributed by atoms with Gasteiger partial charge in [0.05, 0.1) is 8.07 Å². The van der Waals surface area contributed by atoms with Crippen LogP contribution < -0.4 is 0 Å². The summed E-state index contributed by atoms with van der Waals surface area (Å²) in [7, 11) is -1.33. The predicted octanol–water partition coefficient (Wildman–Crippen LogP) is 6.17. The zero-order valence-corrected chi connectivity index (χ0v) is 15.1. The summed E-state index contributed by atoms with van der Waals surface area (Å²) in [5.74, 6) is 0. The van der Waals surface area contributed by atoms with Crippen LogP contribution in [0.1, 0.15) is 71.6 Å². The van der Waals surface area contributed by atoms with Gasteiger partial charge in [-0.05, 0) is 24.5 Å². The third-order valence-corrected chi connectivity index (χ3v) is 9.76. The lowest BCUT2D eigenvalue weighted by atomic mass is 10.1. The van der Waals surface area contributed by atoms with Crippen LogP contribution >= 0.6 is 0 Å². The molecule has 1 rings (SSSR count). The Morgan fingerprint density at radius 3 is 2.15 bits per heavy atom. The van der Waals surface area contributed by atoms with Crippen LogP contribution in [0.4, 0.5) is 0 Å². The second-order valence-corrected chi connectivity index (χ2v) is 11.5. The van der Waals surface area contributed by atoms with Crippen LogP contribution in [0.3, 0.4) is 0 Å². The van der Waals surface area contributed by atoms with Crippen LogP contribution in [0.2, 0.25) is 18.6 Å². The summed E-state index contributed by atoms with van der Waals surface area (Å²) in [5.41, 5.74) is 1.41. The SMILES string of the molecule is C=C(C1=NCCCCCCCC1)[Si](C)(CCC)CCC. The molecule has 0 fully saturated rings. The number of aliphatic imine (C=N–C) groups is 1. The Labute approximate surface area is 128 Å². The lowest BCUT2D eigenvalue weighted by molar-refractivity contribution is 0.596. The van der Waals surface area contributed by atoms with Crippen molar-refractivity contribution in [3.05, 3.63) is 11.8 Å². The topological polar surface area (TPSA) is 12.4 Å². The van der Waals surface area contributed by atoms with Gasteiger partial charge in [0.15, 0.2) is 0 Å². The van der Waals surface area contributed by atoms with E-state index in [9.17, 15) is 0 Å². The molecule has 0 unspecified atom stereocenters. The highest BCUT2D eigenvalue weighted by Gasteiger charge is 2.30. The van der Waals surface area contributed by atoms with E-state index in [1.165, 1.54) is 80.8 Å². The van der Waals surface area contributed by atoms with Crippen LogP contribution in [-0.4, -0.2) is 20.3 Å². The molecule has 0 N–H and O–H groups in total. The van der Waals surface area contributed by atoms with Crippen molar-refractivity contribution in [3.8, 4) is 0 Å². The summed E-state index contributed by atoms with van der Waals surface area (Å²) in [6, 6.07) is 2.78. The molecule has 2 heteroatoms. The van der Waals surface area contributed by atoms with Crippen molar-refractivity contribution in [2.45, 2.75) is 90.3 Å². The van der Waals surface area contributed by atoms with E-state index in [4.69, 9.17) is 4.99 Å². The first kappa shape index (κ1) is 17.7. The molecule has 1 heterocycles. The molecule has 1 nitrogen and oxygen atoms in total. The largest absolute Gasteiger partial charge is 0.290 e. The molecule has 0 aromatic carbocycles. The summed E-state index contributed by atoms with van der Waals surface area (Å²) >= 11 is 0. The number of allylic oxidation sites excluding steroid dienone is 1. The highest BCUT2D eigenvalue weighted by molar-refractivity contribution is 6.89. The van der Waals surface area contributed by atoms with Gasteiger partial charge >= 0.3 is 0 Å². The van der Waals surface area contributed by atoms with E-state index in [0.717, 1.165) is 6.54 Å². The molecule has 1 aliphatic rings. The molecule has 0 atom stereocenters. The van der Waals surface area contributed by atoms with Crippen molar-refractivity contribution in [1.29, 1.82) is 0 Å². The molecule has 0 bridgehead atoms. The molecule has 20 heavy (non-hydrogen) atoms. The first-order valence-electron chi connectivity index (χ1n) is 8.87. The predicted molar refractivity (Wildman–Crippen MR) is 95.6 cm³/mol. The van der Waals surface area contributed by atoms with Crippen LogP contribution in [-0.2, 0) is 0 Å². The van der Waals surface area contributed by atoms with E-state index in [-0.39, 0.29) is 0 Å². The van der Waals surface area contributed by atoms with Crippen LogP contribution in [0.25, 0.3) is 0 Å². The van der Waals surface area contributed by atoms with E-state index >= 15 is 0 Å². The number of hydrogen-bond acceptors (Lipinski definition) is 1. The normalized spacial score (nSPS) is 18.4. The molecule has 0 saturated carbocycles. The first-order chi connectivity index (χ1) is 9.64. The molecule has 0 amide bonds. The number of nitrogens with zero attached hydrogens (tertiary/aromatic N) is 1. The lowest BCUT2D eigenvalue weighted by Crippen LogP contribution is -2.36. The van der Waals surface area contributed by atoms with E-state index < -0.39 is 8.07 Å². The van der Waals surface area contributed by atoms with E-state index in [1.807, 2.05) is 0 Å². The molecule has 116 valence electrons. The van der Waals surface area contributed by atoms with Crippen molar-refractivity contribution in [3.63, 3.8) is 0 Å². The van der Waals surface area contributed by atoms with Crippen molar-refractivity contribution in [2.24, 2.45) is 4.99 Å². The zero-order chi connectivity index (χ0) is 14.8. The maximum atomic E-state index is 4.97. The minimum absolute atomic E-state index is 1.04. The third-order valence-electron chi connectivity index (χ3n) is 4.80. The smallest absolute Gasteiger partial charge is 0.0852 e. The minimum atomic E-state index is -1.33. The van der Waals surface area contributed by atoms with Gasteiger partial charge in [-0.15, -0.1) is 0 Å². The Morgan fingerprint density at radius 1 is 1.00 bits per heavy atom.